The Bertz CT molecular complexity index is 926. The number of carbonyl (C=O) groups excluding carboxylic acids is 1. The van der Waals surface area contributed by atoms with E-state index in [4.69, 9.17) is 0 Å². The van der Waals surface area contributed by atoms with Crippen molar-refractivity contribution in [3.8, 4) is 0 Å². The van der Waals surface area contributed by atoms with Crippen LogP contribution in [-0.4, -0.2) is 36.1 Å². The maximum absolute atomic E-state index is 11.4. The van der Waals surface area contributed by atoms with E-state index in [1.54, 1.807) is 0 Å². The monoisotopic (exact) mass is 323 g/mol. The van der Waals surface area contributed by atoms with Crippen LogP contribution in [0.2, 0.25) is 0 Å². The zero-order chi connectivity index (χ0) is 15.4. The summed E-state index contributed by atoms with van der Waals surface area (Å²) in [6.07, 6.45) is 0. The Hall–Kier alpha value is -2.11. The fraction of sp³-hybridized carbons (Fsp3) is 0.278. The molecule has 0 radical (unpaired) electrons. The van der Waals surface area contributed by atoms with E-state index in [0.29, 0.717) is 0 Å². The molecule has 2 aromatic carbocycles. The first-order valence-electron chi connectivity index (χ1n) is 7.90. The van der Waals surface area contributed by atoms with Gasteiger partial charge >= 0.3 is 6.03 Å². The highest BCUT2D eigenvalue weighted by Gasteiger charge is 2.47. The number of rotatable bonds is 2. The largest absolute Gasteiger partial charge is 0.336 e. The summed E-state index contributed by atoms with van der Waals surface area (Å²) in [7, 11) is 0. The van der Waals surface area contributed by atoms with Crippen LogP contribution in [0.4, 0.5) is 4.79 Å². The Morgan fingerprint density at radius 1 is 1.09 bits per heavy atom. The van der Waals surface area contributed by atoms with Crippen molar-refractivity contribution in [1.29, 1.82) is 0 Å². The van der Waals surface area contributed by atoms with Crippen LogP contribution in [0.3, 0.4) is 0 Å². The lowest BCUT2D eigenvalue weighted by Gasteiger charge is -2.47. The van der Waals surface area contributed by atoms with Crippen LogP contribution >= 0.6 is 11.3 Å². The number of likely N-dealkylation sites (tertiary alicyclic amines) is 1. The van der Waals surface area contributed by atoms with E-state index in [1.807, 2.05) is 11.3 Å². The summed E-state index contributed by atoms with van der Waals surface area (Å²) in [5.41, 5.74) is 1.35. The Balaban J connectivity index is 1.44. The molecule has 1 aromatic heterocycles. The Labute approximate surface area is 138 Å². The molecule has 5 heteroatoms. The maximum atomic E-state index is 11.4. The van der Waals surface area contributed by atoms with E-state index in [2.05, 4.69) is 58.0 Å². The van der Waals surface area contributed by atoms with Gasteiger partial charge < -0.3 is 10.6 Å². The second-order valence-corrected chi connectivity index (χ2v) is 7.68. The molecule has 2 saturated heterocycles. The summed E-state index contributed by atoms with van der Waals surface area (Å²) < 4.78 is 2.74. The third kappa shape index (κ3) is 2.04. The van der Waals surface area contributed by atoms with Crippen LogP contribution in [0, 0.1) is 0 Å². The quantitative estimate of drug-likeness (QED) is 0.761. The summed E-state index contributed by atoms with van der Waals surface area (Å²) in [6, 6.07) is 15.2. The normalized spacial score (nSPS) is 19.9. The van der Waals surface area contributed by atoms with E-state index in [-0.39, 0.29) is 11.6 Å². The van der Waals surface area contributed by atoms with Crippen molar-refractivity contribution < 1.29 is 4.79 Å². The number of nitrogens with one attached hydrogen (secondary N) is 2. The molecule has 2 N–H and O–H groups in total. The van der Waals surface area contributed by atoms with Gasteiger partial charge in [0.15, 0.2) is 0 Å². The molecule has 2 aliphatic rings. The average Bonchev–Trinajstić information content (AvgIpc) is 3.09. The lowest BCUT2D eigenvalue weighted by Crippen LogP contribution is -2.68. The van der Waals surface area contributed by atoms with E-state index in [9.17, 15) is 4.79 Å². The van der Waals surface area contributed by atoms with Crippen molar-refractivity contribution in [3.63, 3.8) is 0 Å². The van der Waals surface area contributed by atoms with E-state index in [1.165, 1.54) is 25.7 Å². The van der Waals surface area contributed by atoms with Gasteiger partial charge in [0.05, 0.1) is 5.54 Å². The van der Waals surface area contributed by atoms with Gasteiger partial charge in [-0.25, -0.2) is 4.79 Å². The molecule has 0 unspecified atom stereocenters. The Morgan fingerprint density at radius 3 is 2.74 bits per heavy atom. The van der Waals surface area contributed by atoms with Gasteiger partial charge in [-0.05, 0) is 11.6 Å². The van der Waals surface area contributed by atoms with Crippen LogP contribution in [-0.2, 0) is 6.54 Å². The molecule has 3 heterocycles. The van der Waals surface area contributed by atoms with Gasteiger partial charge in [-0.3, -0.25) is 4.90 Å². The highest BCUT2D eigenvalue weighted by atomic mass is 32.1. The lowest BCUT2D eigenvalue weighted by atomic mass is 9.90. The molecular formula is C18H17N3OS. The van der Waals surface area contributed by atoms with Crippen molar-refractivity contribution in [3.05, 3.63) is 48.0 Å². The van der Waals surface area contributed by atoms with Crippen LogP contribution in [0.15, 0.2) is 42.5 Å². The third-order valence-electron chi connectivity index (χ3n) is 4.90. The van der Waals surface area contributed by atoms with Gasteiger partial charge in [0, 0.05) is 46.4 Å². The molecule has 4 nitrogen and oxygen atoms in total. The highest BCUT2D eigenvalue weighted by Crippen LogP contribution is 2.37. The van der Waals surface area contributed by atoms with Crippen molar-refractivity contribution in [2.24, 2.45) is 0 Å². The molecule has 0 atom stereocenters. The first-order valence-corrected chi connectivity index (χ1v) is 8.72. The molecule has 0 bridgehead atoms. The van der Waals surface area contributed by atoms with Crippen molar-refractivity contribution in [1.82, 2.24) is 15.5 Å². The first kappa shape index (κ1) is 13.3. The zero-order valence-electron chi connectivity index (χ0n) is 12.6. The van der Waals surface area contributed by atoms with E-state index < -0.39 is 0 Å². The minimum atomic E-state index is -0.0366. The predicted molar refractivity (Wildman–Crippen MR) is 93.9 cm³/mol. The summed E-state index contributed by atoms with van der Waals surface area (Å²) in [4.78, 5) is 13.8. The first-order chi connectivity index (χ1) is 11.2. The number of thiophene rings is 1. The Morgan fingerprint density at radius 2 is 1.91 bits per heavy atom. The number of hydrogen-bond donors (Lipinski definition) is 2. The summed E-state index contributed by atoms with van der Waals surface area (Å²) in [6.45, 7) is 3.54. The standard InChI is InChI=1S/C18H17N3OS/c22-17-19-9-18(20-17)10-21(11-18)8-12-4-3-6-14-13-5-1-2-7-15(13)23-16(12)14/h1-7H,8-11H2,(H2,19,20,22). The van der Waals surface area contributed by atoms with Crippen LogP contribution in [0.1, 0.15) is 5.56 Å². The zero-order valence-corrected chi connectivity index (χ0v) is 13.5. The number of hydrogen-bond acceptors (Lipinski definition) is 3. The van der Waals surface area contributed by atoms with Gasteiger partial charge in [0.25, 0.3) is 0 Å². The molecule has 5 rings (SSSR count). The molecule has 0 aliphatic carbocycles. The van der Waals surface area contributed by atoms with E-state index in [0.717, 1.165) is 26.2 Å². The number of urea groups is 1. The van der Waals surface area contributed by atoms with Gasteiger partial charge in [0.1, 0.15) is 0 Å². The smallest absolute Gasteiger partial charge is 0.315 e. The molecule has 0 saturated carbocycles. The number of benzene rings is 2. The summed E-state index contributed by atoms with van der Waals surface area (Å²) >= 11 is 1.88. The molecule has 2 fully saturated rings. The molecule has 116 valence electrons. The molecule has 2 amide bonds. The maximum Gasteiger partial charge on any atom is 0.315 e. The van der Waals surface area contributed by atoms with Crippen LogP contribution in [0.25, 0.3) is 20.2 Å². The predicted octanol–water partition coefficient (Wildman–Crippen LogP) is 2.92. The molecular weight excluding hydrogens is 306 g/mol. The Kier molecular flexibility index (Phi) is 2.72. The SMILES string of the molecule is O=C1NCC2(CN(Cc3cccc4c3sc3ccccc34)C2)N1. The highest BCUT2D eigenvalue weighted by molar-refractivity contribution is 7.26. The van der Waals surface area contributed by atoms with Gasteiger partial charge in [-0.1, -0.05) is 36.4 Å². The molecule has 1 spiro atoms. The van der Waals surface area contributed by atoms with Crippen molar-refractivity contribution in [2.45, 2.75) is 12.1 Å². The van der Waals surface area contributed by atoms with Crippen molar-refractivity contribution in [2.75, 3.05) is 19.6 Å². The van der Waals surface area contributed by atoms with Crippen molar-refractivity contribution >= 4 is 37.5 Å². The van der Waals surface area contributed by atoms with Gasteiger partial charge in [-0.15, -0.1) is 11.3 Å². The molecule has 23 heavy (non-hydrogen) atoms. The van der Waals surface area contributed by atoms with Crippen LogP contribution in [0.5, 0.6) is 0 Å². The fourth-order valence-corrected chi connectivity index (χ4v) is 5.07. The summed E-state index contributed by atoms with van der Waals surface area (Å²) in [5, 5.41) is 8.63. The third-order valence-corrected chi connectivity index (χ3v) is 6.16. The minimum absolute atomic E-state index is 0.0312. The van der Waals surface area contributed by atoms with Gasteiger partial charge in [-0.2, -0.15) is 0 Å². The van der Waals surface area contributed by atoms with E-state index >= 15 is 0 Å². The number of fused-ring (bicyclic) bond motifs is 3. The van der Waals surface area contributed by atoms with Crippen LogP contribution < -0.4 is 10.6 Å². The number of nitrogens with zero attached hydrogens (tertiary/aromatic N) is 1. The number of carbonyl (C=O) groups is 1. The van der Waals surface area contributed by atoms with Gasteiger partial charge in [0.2, 0.25) is 0 Å². The summed E-state index contributed by atoms with van der Waals surface area (Å²) in [5.74, 6) is 0. The second kappa shape index (κ2) is 4.69. The number of amides is 2. The minimum Gasteiger partial charge on any atom is -0.336 e. The fourth-order valence-electron chi connectivity index (χ4n) is 3.86. The second-order valence-electron chi connectivity index (χ2n) is 6.63. The lowest BCUT2D eigenvalue weighted by molar-refractivity contribution is 0.0600. The topological polar surface area (TPSA) is 44.4 Å². The molecule has 2 aliphatic heterocycles. The average molecular weight is 323 g/mol. The molecule has 3 aromatic rings.